The third-order valence-corrected chi connectivity index (χ3v) is 3.60. The van der Waals surface area contributed by atoms with Crippen LogP contribution in [-0.4, -0.2) is 5.91 Å². The molecular weight excluding hydrogens is 268 g/mol. The SMILES string of the molecule is N#Cc1ccc(CNC(=O)c2cc(Cl)cs2)cc1. The molecule has 1 aromatic carbocycles. The highest BCUT2D eigenvalue weighted by Crippen LogP contribution is 2.18. The van der Waals surface area contributed by atoms with Crippen molar-refractivity contribution >= 4 is 28.8 Å². The Morgan fingerprint density at radius 3 is 2.67 bits per heavy atom. The van der Waals surface area contributed by atoms with Crippen LogP contribution >= 0.6 is 22.9 Å². The van der Waals surface area contributed by atoms with Gasteiger partial charge in [0.25, 0.3) is 5.91 Å². The molecule has 0 unspecified atom stereocenters. The lowest BCUT2D eigenvalue weighted by molar-refractivity contribution is 0.0955. The van der Waals surface area contributed by atoms with Gasteiger partial charge < -0.3 is 5.32 Å². The summed E-state index contributed by atoms with van der Waals surface area (Å²) in [5.41, 5.74) is 1.56. The van der Waals surface area contributed by atoms with Crippen LogP contribution in [0.15, 0.2) is 35.7 Å². The Morgan fingerprint density at radius 1 is 1.39 bits per heavy atom. The van der Waals surface area contributed by atoms with Gasteiger partial charge in [-0.05, 0) is 23.8 Å². The highest BCUT2D eigenvalue weighted by Gasteiger charge is 2.07. The molecule has 0 radical (unpaired) electrons. The molecule has 0 saturated heterocycles. The number of benzene rings is 1. The number of carbonyl (C=O) groups is 1. The van der Waals surface area contributed by atoms with Gasteiger partial charge in [-0.25, -0.2) is 0 Å². The standard InChI is InChI=1S/C13H9ClN2OS/c14-11-5-12(18-8-11)13(17)16-7-10-3-1-9(6-15)2-4-10/h1-5,8H,7H2,(H,16,17). The maximum Gasteiger partial charge on any atom is 0.261 e. The number of hydrogen-bond acceptors (Lipinski definition) is 3. The van der Waals surface area contributed by atoms with Gasteiger partial charge in [0, 0.05) is 11.9 Å². The van der Waals surface area contributed by atoms with Crippen molar-refractivity contribution in [3.63, 3.8) is 0 Å². The molecule has 1 aromatic heterocycles. The van der Waals surface area contributed by atoms with Gasteiger partial charge in [0.2, 0.25) is 0 Å². The molecule has 1 heterocycles. The third-order valence-electron chi connectivity index (χ3n) is 2.33. The normalized spacial score (nSPS) is 9.78. The van der Waals surface area contributed by atoms with Gasteiger partial charge >= 0.3 is 0 Å². The fraction of sp³-hybridized carbons (Fsp3) is 0.0769. The van der Waals surface area contributed by atoms with E-state index in [9.17, 15) is 4.79 Å². The molecule has 2 rings (SSSR count). The summed E-state index contributed by atoms with van der Waals surface area (Å²) in [6.07, 6.45) is 0. The van der Waals surface area contributed by atoms with E-state index in [1.54, 1.807) is 23.6 Å². The van der Waals surface area contributed by atoms with Gasteiger partial charge in [-0.15, -0.1) is 11.3 Å². The van der Waals surface area contributed by atoms with Crippen LogP contribution in [0.5, 0.6) is 0 Å². The topological polar surface area (TPSA) is 52.9 Å². The molecule has 3 nitrogen and oxygen atoms in total. The number of carbonyl (C=O) groups excluding carboxylic acids is 1. The van der Waals surface area contributed by atoms with Crippen molar-refractivity contribution in [3.8, 4) is 6.07 Å². The van der Waals surface area contributed by atoms with Crippen molar-refractivity contribution < 1.29 is 4.79 Å². The van der Waals surface area contributed by atoms with Gasteiger partial charge in [0.15, 0.2) is 0 Å². The summed E-state index contributed by atoms with van der Waals surface area (Å²) >= 11 is 7.07. The van der Waals surface area contributed by atoms with E-state index in [1.165, 1.54) is 11.3 Å². The third kappa shape index (κ3) is 3.10. The van der Waals surface area contributed by atoms with E-state index in [0.29, 0.717) is 22.0 Å². The lowest BCUT2D eigenvalue weighted by atomic mass is 10.1. The minimum absolute atomic E-state index is 0.142. The van der Waals surface area contributed by atoms with Crippen LogP contribution in [0.2, 0.25) is 5.02 Å². The Labute approximate surface area is 114 Å². The molecule has 0 aliphatic rings. The van der Waals surface area contributed by atoms with Gasteiger partial charge in [-0.2, -0.15) is 5.26 Å². The van der Waals surface area contributed by atoms with Crippen molar-refractivity contribution in [3.05, 3.63) is 56.7 Å². The molecule has 0 atom stereocenters. The number of amides is 1. The zero-order valence-corrected chi connectivity index (χ0v) is 10.9. The molecular formula is C13H9ClN2OS. The smallest absolute Gasteiger partial charge is 0.261 e. The number of nitrogens with zero attached hydrogens (tertiary/aromatic N) is 1. The highest BCUT2D eigenvalue weighted by molar-refractivity contribution is 7.12. The van der Waals surface area contributed by atoms with Crippen molar-refractivity contribution in [1.29, 1.82) is 5.26 Å². The van der Waals surface area contributed by atoms with Crippen molar-refractivity contribution in [1.82, 2.24) is 5.32 Å². The molecule has 0 bridgehead atoms. The Hall–Kier alpha value is -1.83. The molecule has 5 heteroatoms. The number of thiophene rings is 1. The Morgan fingerprint density at radius 2 is 2.11 bits per heavy atom. The number of rotatable bonds is 3. The molecule has 2 aromatic rings. The average Bonchev–Trinajstić information content (AvgIpc) is 2.83. The number of halogens is 1. The van der Waals surface area contributed by atoms with Gasteiger partial charge in [-0.1, -0.05) is 23.7 Å². The molecule has 1 amide bonds. The summed E-state index contributed by atoms with van der Waals surface area (Å²) in [7, 11) is 0. The zero-order valence-electron chi connectivity index (χ0n) is 9.31. The summed E-state index contributed by atoms with van der Waals surface area (Å²) in [5.74, 6) is -0.142. The second-order valence-electron chi connectivity index (χ2n) is 3.62. The second-order valence-corrected chi connectivity index (χ2v) is 4.97. The highest BCUT2D eigenvalue weighted by atomic mass is 35.5. The first-order valence-corrected chi connectivity index (χ1v) is 6.46. The fourth-order valence-electron chi connectivity index (χ4n) is 1.40. The largest absolute Gasteiger partial charge is 0.347 e. The maximum atomic E-state index is 11.7. The fourth-order valence-corrected chi connectivity index (χ4v) is 2.39. The molecule has 0 spiro atoms. The van der Waals surface area contributed by atoms with Crippen molar-refractivity contribution in [2.45, 2.75) is 6.54 Å². The maximum absolute atomic E-state index is 11.7. The second kappa shape index (κ2) is 5.67. The van der Waals surface area contributed by atoms with E-state index in [0.717, 1.165) is 5.56 Å². The monoisotopic (exact) mass is 276 g/mol. The summed E-state index contributed by atoms with van der Waals surface area (Å²) in [4.78, 5) is 12.3. The van der Waals surface area contributed by atoms with Gasteiger partial charge in [0.1, 0.15) is 0 Å². The molecule has 0 saturated carbocycles. The Bertz CT molecular complexity index is 598. The van der Waals surface area contributed by atoms with E-state index in [-0.39, 0.29) is 5.91 Å². The van der Waals surface area contributed by atoms with E-state index >= 15 is 0 Å². The summed E-state index contributed by atoms with van der Waals surface area (Å²) in [6, 6.07) is 10.8. The summed E-state index contributed by atoms with van der Waals surface area (Å²) in [5, 5.41) is 13.8. The van der Waals surface area contributed by atoms with Crippen LogP contribution < -0.4 is 5.32 Å². The number of nitrogens with one attached hydrogen (secondary N) is 1. The molecule has 0 aliphatic heterocycles. The first kappa shape index (κ1) is 12.6. The lowest BCUT2D eigenvalue weighted by Crippen LogP contribution is -2.21. The van der Waals surface area contributed by atoms with Crippen LogP contribution in [-0.2, 0) is 6.54 Å². The predicted molar refractivity (Wildman–Crippen MR) is 71.7 cm³/mol. The Balaban J connectivity index is 1.95. The van der Waals surface area contributed by atoms with Crippen LogP contribution in [0.4, 0.5) is 0 Å². The summed E-state index contributed by atoms with van der Waals surface area (Å²) < 4.78 is 0. The first-order valence-electron chi connectivity index (χ1n) is 5.20. The van der Waals surface area contributed by atoms with E-state index in [1.807, 2.05) is 18.2 Å². The Kier molecular flexibility index (Phi) is 3.98. The number of hydrogen-bond donors (Lipinski definition) is 1. The van der Waals surface area contributed by atoms with Gasteiger partial charge in [0.05, 0.1) is 21.5 Å². The predicted octanol–water partition coefficient (Wildman–Crippen LogP) is 3.20. The minimum atomic E-state index is -0.142. The van der Waals surface area contributed by atoms with Crippen LogP contribution in [0.3, 0.4) is 0 Å². The lowest BCUT2D eigenvalue weighted by Gasteiger charge is -2.03. The van der Waals surface area contributed by atoms with Crippen LogP contribution in [0, 0.1) is 11.3 Å². The molecule has 1 N–H and O–H groups in total. The van der Waals surface area contributed by atoms with Crippen molar-refractivity contribution in [2.24, 2.45) is 0 Å². The van der Waals surface area contributed by atoms with E-state index < -0.39 is 0 Å². The van der Waals surface area contributed by atoms with E-state index in [4.69, 9.17) is 16.9 Å². The van der Waals surface area contributed by atoms with Crippen molar-refractivity contribution in [2.75, 3.05) is 0 Å². The zero-order chi connectivity index (χ0) is 13.0. The molecule has 90 valence electrons. The quantitative estimate of drug-likeness (QED) is 0.936. The van der Waals surface area contributed by atoms with E-state index in [2.05, 4.69) is 5.32 Å². The number of nitriles is 1. The molecule has 18 heavy (non-hydrogen) atoms. The van der Waals surface area contributed by atoms with Crippen LogP contribution in [0.25, 0.3) is 0 Å². The minimum Gasteiger partial charge on any atom is -0.347 e. The average molecular weight is 277 g/mol. The van der Waals surface area contributed by atoms with Gasteiger partial charge in [-0.3, -0.25) is 4.79 Å². The molecule has 0 aliphatic carbocycles. The van der Waals surface area contributed by atoms with Crippen LogP contribution in [0.1, 0.15) is 20.8 Å². The molecule has 0 fully saturated rings. The summed E-state index contributed by atoms with van der Waals surface area (Å²) in [6.45, 7) is 0.431. The first-order chi connectivity index (χ1) is 8.69.